The molecule has 4 heteroatoms. The quantitative estimate of drug-likeness (QED) is 0.412. The Morgan fingerprint density at radius 2 is 2.07 bits per heavy atom. The third kappa shape index (κ3) is 9.16. The van der Waals surface area contributed by atoms with Crippen LogP contribution in [0.5, 0.6) is 0 Å². The van der Waals surface area contributed by atoms with Gasteiger partial charge in [-0.25, -0.2) is 0 Å². The normalized spacial score (nSPS) is 20.4. The van der Waals surface area contributed by atoms with Gasteiger partial charge in [0.25, 0.3) is 0 Å². The van der Waals surface area contributed by atoms with Gasteiger partial charge in [-0.05, 0) is 33.1 Å². The fourth-order valence-electron chi connectivity index (χ4n) is 1.14. The maximum Gasteiger partial charge on any atom is 0.104 e. The monoisotopic (exact) mass is 236 g/mol. The van der Waals surface area contributed by atoms with Crippen molar-refractivity contribution in [2.45, 2.75) is 44.8 Å². The summed E-state index contributed by atoms with van der Waals surface area (Å²) in [5.41, 5.74) is -0.528. The molecule has 0 aromatic rings. The maximum absolute atomic E-state index is 9.41. The molecule has 14 heavy (non-hydrogen) atoms. The van der Waals surface area contributed by atoms with Crippen LogP contribution in [0.1, 0.15) is 33.1 Å². The largest absolute Gasteiger partial charge is 0.390 e. The number of epoxide rings is 1. The molecule has 82 valence electrons. The topological polar surface area (TPSA) is 42.0 Å². The zero-order valence-electron chi connectivity index (χ0n) is 9.08. The Morgan fingerprint density at radius 1 is 1.43 bits per heavy atom. The van der Waals surface area contributed by atoms with E-state index in [0.29, 0.717) is 6.10 Å². The van der Waals surface area contributed by atoms with Gasteiger partial charge in [0.15, 0.2) is 0 Å². The van der Waals surface area contributed by atoms with E-state index in [2.05, 4.69) is 0 Å². The van der Waals surface area contributed by atoms with Gasteiger partial charge in [0.2, 0.25) is 0 Å². The van der Waals surface area contributed by atoms with Gasteiger partial charge in [-0.2, -0.15) is 0 Å². The molecule has 0 amide bonds. The van der Waals surface area contributed by atoms with Crippen LogP contribution in [-0.4, -0.2) is 36.6 Å². The Morgan fingerprint density at radius 3 is 2.57 bits per heavy atom. The van der Waals surface area contributed by atoms with E-state index in [9.17, 15) is 5.11 Å². The van der Waals surface area contributed by atoms with Crippen molar-refractivity contribution in [2.24, 2.45) is 0 Å². The Bertz CT molecular complexity index is 141. The van der Waals surface area contributed by atoms with E-state index in [0.717, 1.165) is 39.1 Å². The van der Waals surface area contributed by atoms with Crippen molar-refractivity contribution in [3.63, 3.8) is 0 Å². The second kappa shape index (κ2) is 6.97. The van der Waals surface area contributed by atoms with E-state index >= 15 is 0 Å². The Balaban J connectivity index is 0.00000169. The first-order chi connectivity index (χ1) is 6.08. The van der Waals surface area contributed by atoms with Gasteiger partial charge < -0.3 is 14.6 Å². The van der Waals surface area contributed by atoms with Gasteiger partial charge in [-0.15, -0.1) is 0 Å². The predicted octanol–water partition coefficient (Wildman–Crippen LogP) is 1.34. The van der Waals surface area contributed by atoms with Crippen molar-refractivity contribution < 1.29 is 36.3 Å². The second-order valence-electron chi connectivity index (χ2n) is 4.30. The molecule has 1 aliphatic heterocycles. The molecule has 0 spiro atoms. The predicted molar refractivity (Wildman–Crippen MR) is 50.7 cm³/mol. The molecule has 0 aromatic heterocycles. The number of rotatable bonds is 7. The third-order valence-electron chi connectivity index (χ3n) is 2.03. The number of ether oxygens (including phenoxy) is 2. The summed E-state index contributed by atoms with van der Waals surface area (Å²) in [5.74, 6) is 0. The molecule has 0 radical (unpaired) electrons. The van der Waals surface area contributed by atoms with Crippen LogP contribution >= 0.6 is 0 Å². The first-order valence-corrected chi connectivity index (χ1v) is 5.00. The van der Waals surface area contributed by atoms with Crippen LogP contribution < -0.4 is 0 Å². The number of hydrogen-bond acceptors (Lipinski definition) is 3. The molecule has 0 saturated carbocycles. The second-order valence-corrected chi connectivity index (χ2v) is 4.30. The fraction of sp³-hybridized carbons (Fsp3) is 1.00. The molecule has 0 bridgehead atoms. The van der Waals surface area contributed by atoms with E-state index in [1.807, 2.05) is 13.8 Å². The SMILES string of the molecule is CC(C)(O)CCCCOCC1CO1.[Ti]. The van der Waals surface area contributed by atoms with Gasteiger partial charge in [-0.1, -0.05) is 0 Å². The smallest absolute Gasteiger partial charge is 0.104 e. The molecule has 1 fully saturated rings. The van der Waals surface area contributed by atoms with Crippen LogP contribution in [0.3, 0.4) is 0 Å². The molecule has 1 aliphatic rings. The average Bonchev–Trinajstić information content (AvgIpc) is 2.77. The van der Waals surface area contributed by atoms with Crippen LogP contribution in [0.4, 0.5) is 0 Å². The fourth-order valence-corrected chi connectivity index (χ4v) is 1.14. The minimum atomic E-state index is -0.528. The average molecular weight is 236 g/mol. The van der Waals surface area contributed by atoms with Crippen molar-refractivity contribution in [1.82, 2.24) is 0 Å². The summed E-state index contributed by atoms with van der Waals surface area (Å²) in [6.07, 6.45) is 3.26. The van der Waals surface area contributed by atoms with Gasteiger partial charge in [0.05, 0.1) is 18.8 Å². The number of hydrogen-bond donors (Lipinski definition) is 1. The molecule has 1 N–H and O–H groups in total. The summed E-state index contributed by atoms with van der Waals surface area (Å²) < 4.78 is 10.4. The van der Waals surface area contributed by atoms with Crippen LogP contribution in [0, 0.1) is 0 Å². The van der Waals surface area contributed by atoms with Crippen molar-refractivity contribution in [2.75, 3.05) is 19.8 Å². The van der Waals surface area contributed by atoms with Crippen molar-refractivity contribution >= 4 is 0 Å². The van der Waals surface area contributed by atoms with Crippen molar-refractivity contribution in [3.05, 3.63) is 0 Å². The minimum absolute atomic E-state index is 0. The van der Waals surface area contributed by atoms with E-state index in [4.69, 9.17) is 9.47 Å². The Kier molecular flexibility index (Phi) is 7.26. The van der Waals surface area contributed by atoms with E-state index in [-0.39, 0.29) is 21.7 Å². The summed E-state index contributed by atoms with van der Waals surface area (Å²) in [5, 5.41) is 9.41. The van der Waals surface area contributed by atoms with Crippen LogP contribution in [0.15, 0.2) is 0 Å². The standard InChI is InChI=1S/C10H20O3.Ti/c1-10(2,11)5-3-4-6-12-7-9-8-13-9;/h9,11H,3-8H2,1-2H3;. The van der Waals surface area contributed by atoms with Gasteiger partial charge >= 0.3 is 0 Å². The molecule has 0 aromatic carbocycles. The first kappa shape index (κ1) is 14.6. The van der Waals surface area contributed by atoms with E-state index in [1.54, 1.807) is 0 Å². The van der Waals surface area contributed by atoms with Gasteiger partial charge in [0, 0.05) is 28.3 Å². The molecular formula is C10H20O3Ti. The zero-order valence-corrected chi connectivity index (χ0v) is 10.6. The van der Waals surface area contributed by atoms with Gasteiger partial charge in [-0.3, -0.25) is 0 Å². The molecule has 0 aliphatic carbocycles. The molecule has 1 heterocycles. The number of aliphatic hydroxyl groups is 1. The van der Waals surface area contributed by atoms with Crippen molar-refractivity contribution in [3.8, 4) is 0 Å². The van der Waals surface area contributed by atoms with Crippen LogP contribution in [-0.2, 0) is 31.2 Å². The van der Waals surface area contributed by atoms with Crippen molar-refractivity contribution in [1.29, 1.82) is 0 Å². The Hall–Kier alpha value is 0.594. The zero-order chi connectivity index (χ0) is 9.73. The summed E-state index contributed by atoms with van der Waals surface area (Å²) in [6.45, 7) is 6.07. The maximum atomic E-state index is 9.41. The molecule has 3 nitrogen and oxygen atoms in total. The number of unbranched alkanes of at least 4 members (excludes halogenated alkanes) is 1. The first-order valence-electron chi connectivity index (χ1n) is 5.00. The van der Waals surface area contributed by atoms with E-state index < -0.39 is 5.60 Å². The molecule has 1 saturated heterocycles. The molecule has 1 rings (SSSR count). The summed E-state index contributed by atoms with van der Waals surface area (Å²) in [4.78, 5) is 0. The van der Waals surface area contributed by atoms with Crippen LogP contribution in [0.25, 0.3) is 0 Å². The minimum Gasteiger partial charge on any atom is -0.390 e. The third-order valence-corrected chi connectivity index (χ3v) is 2.03. The summed E-state index contributed by atoms with van der Waals surface area (Å²) >= 11 is 0. The summed E-state index contributed by atoms with van der Waals surface area (Å²) in [7, 11) is 0. The molecule has 1 unspecified atom stereocenters. The molecule has 1 atom stereocenters. The Labute approximate surface area is 101 Å². The van der Waals surface area contributed by atoms with Crippen LogP contribution in [0.2, 0.25) is 0 Å². The summed E-state index contributed by atoms with van der Waals surface area (Å²) in [6, 6.07) is 0. The van der Waals surface area contributed by atoms with Gasteiger partial charge in [0.1, 0.15) is 6.10 Å². The van der Waals surface area contributed by atoms with E-state index in [1.165, 1.54) is 0 Å². The molecular weight excluding hydrogens is 216 g/mol.